The van der Waals surface area contributed by atoms with E-state index in [1.807, 2.05) is 0 Å². The van der Waals surface area contributed by atoms with Gasteiger partial charge in [0.2, 0.25) is 0 Å². The number of nitrogens with zero attached hydrogens (tertiary/aromatic N) is 1. The molecule has 2 N–H and O–H groups in total. The summed E-state index contributed by atoms with van der Waals surface area (Å²) < 4.78 is 43.8. The molecule has 0 saturated carbocycles. The lowest BCUT2D eigenvalue weighted by Gasteiger charge is -2.12. The highest BCUT2D eigenvalue weighted by molar-refractivity contribution is 6.32. The number of ether oxygens (including phenoxy) is 1. The lowest BCUT2D eigenvalue weighted by atomic mass is 10.1. The van der Waals surface area contributed by atoms with Gasteiger partial charge in [-0.1, -0.05) is 11.6 Å². The third-order valence-electron chi connectivity index (χ3n) is 2.60. The smallest absolute Gasteiger partial charge is 0.417 e. The Balaban J connectivity index is 2.42. The third kappa shape index (κ3) is 3.38. The molecule has 7 heteroatoms. The van der Waals surface area contributed by atoms with Gasteiger partial charge >= 0.3 is 6.18 Å². The predicted octanol–water partition coefficient (Wildman–Crippen LogP) is 4.60. The Labute approximate surface area is 123 Å². The maximum absolute atomic E-state index is 12.8. The van der Waals surface area contributed by atoms with E-state index >= 15 is 0 Å². The summed E-state index contributed by atoms with van der Waals surface area (Å²) in [5, 5.41) is 8.92. The van der Waals surface area contributed by atoms with Gasteiger partial charge in [0.15, 0.2) is 0 Å². The Morgan fingerprint density at radius 1 is 1.14 bits per heavy atom. The van der Waals surface area contributed by atoms with Crippen LogP contribution in [0.3, 0.4) is 0 Å². The monoisotopic (exact) mass is 312 g/mol. The van der Waals surface area contributed by atoms with Crippen molar-refractivity contribution in [2.75, 3.05) is 5.73 Å². The van der Waals surface area contributed by atoms with Gasteiger partial charge in [0.1, 0.15) is 11.5 Å². The zero-order chi connectivity index (χ0) is 15.6. The molecule has 0 aliphatic carbocycles. The summed E-state index contributed by atoms with van der Waals surface area (Å²) in [5.74, 6) is 0.0447. The van der Waals surface area contributed by atoms with Crippen LogP contribution >= 0.6 is 11.6 Å². The molecule has 0 aliphatic heterocycles. The second kappa shape index (κ2) is 5.54. The predicted molar refractivity (Wildman–Crippen MR) is 72.1 cm³/mol. The molecule has 3 nitrogen and oxygen atoms in total. The average molecular weight is 313 g/mol. The van der Waals surface area contributed by atoms with Crippen molar-refractivity contribution in [3.05, 3.63) is 52.5 Å². The van der Waals surface area contributed by atoms with E-state index in [2.05, 4.69) is 0 Å². The fourth-order valence-corrected chi connectivity index (χ4v) is 1.80. The molecule has 0 aliphatic rings. The van der Waals surface area contributed by atoms with Crippen molar-refractivity contribution in [3.8, 4) is 17.6 Å². The minimum atomic E-state index is -4.65. The van der Waals surface area contributed by atoms with Crippen LogP contribution in [-0.4, -0.2) is 0 Å². The fraction of sp³-hybridized carbons (Fsp3) is 0.0714. The minimum absolute atomic E-state index is 0.0891. The molecule has 0 radical (unpaired) electrons. The van der Waals surface area contributed by atoms with Crippen molar-refractivity contribution < 1.29 is 17.9 Å². The quantitative estimate of drug-likeness (QED) is 0.824. The second-order valence-corrected chi connectivity index (χ2v) is 4.52. The van der Waals surface area contributed by atoms with E-state index in [1.54, 1.807) is 0 Å². The molecule has 21 heavy (non-hydrogen) atoms. The van der Waals surface area contributed by atoms with Crippen molar-refractivity contribution in [1.29, 1.82) is 5.26 Å². The molecule has 0 amide bonds. The van der Waals surface area contributed by atoms with Gasteiger partial charge in [-0.2, -0.15) is 18.4 Å². The molecule has 0 fully saturated rings. The standard InChI is InChI=1S/C14H8ClF3N2O/c15-12-4-2-9(20)5-13(12)21-10-3-1-8(7-19)11(6-10)14(16,17)18/h1-6H,20H2. The van der Waals surface area contributed by atoms with Crippen LogP contribution in [0.15, 0.2) is 36.4 Å². The van der Waals surface area contributed by atoms with Crippen molar-refractivity contribution in [3.63, 3.8) is 0 Å². The Bertz CT molecular complexity index is 723. The van der Waals surface area contributed by atoms with Crippen LogP contribution in [-0.2, 0) is 6.18 Å². The van der Waals surface area contributed by atoms with Crippen LogP contribution in [0.4, 0.5) is 18.9 Å². The minimum Gasteiger partial charge on any atom is -0.456 e. The number of hydrogen-bond donors (Lipinski definition) is 1. The number of alkyl halides is 3. The lowest BCUT2D eigenvalue weighted by molar-refractivity contribution is -0.137. The Morgan fingerprint density at radius 2 is 1.86 bits per heavy atom. The summed E-state index contributed by atoms with van der Waals surface area (Å²) in [7, 11) is 0. The maximum atomic E-state index is 12.8. The zero-order valence-electron chi connectivity index (χ0n) is 10.4. The van der Waals surface area contributed by atoms with Crippen molar-refractivity contribution in [2.45, 2.75) is 6.18 Å². The van der Waals surface area contributed by atoms with Crippen LogP contribution in [0.25, 0.3) is 0 Å². The average Bonchev–Trinajstić information content (AvgIpc) is 2.42. The van der Waals surface area contributed by atoms with Crippen molar-refractivity contribution in [1.82, 2.24) is 0 Å². The fourth-order valence-electron chi connectivity index (χ4n) is 1.64. The number of nitrogen functional groups attached to an aromatic ring is 1. The van der Waals surface area contributed by atoms with Crippen LogP contribution in [0, 0.1) is 11.3 Å². The molecule has 108 valence electrons. The molecule has 0 unspecified atom stereocenters. The number of nitrogens with two attached hydrogens (primary N) is 1. The number of rotatable bonds is 2. The molecule has 0 heterocycles. The highest BCUT2D eigenvalue weighted by Gasteiger charge is 2.34. The van der Waals surface area contributed by atoms with Crippen LogP contribution in [0.2, 0.25) is 5.02 Å². The molecule has 0 bridgehead atoms. The summed E-state index contributed by atoms with van der Waals surface area (Å²) in [6.45, 7) is 0. The third-order valence-corrected chi connectivity index (χ3v) is 2.91. The number of nitriles is 1. The summed E-state index contributed by atoms with van der Waals surface area (Å²) in [6.07, 6.45) is -4.65. The van der Waals surface area contributed by atoms with Crippen molar-refractivity contribution in [2.24, 2.45) is 0 Å². The van der Waals surface area contributed by atoms with E-state index in [9.17, 15) is 13.2 Å². The highest BCUT2D eigenvalue weighted by atomic mass is 35.5. The zero-order valence-corrected chi connectivity index (χ0v) is 11.2. The van der Waals surface area contributed by atoms with Gasteiger partial charge in [0, 0.05) is 11.8 Å². The Kier molecular flexibility index (Phi) is 3.96. The van der Waals surface area contributed by atoms with E-state index in [1.165, 1.54) is 30.3 Å². The lowest BCUT2D eigenvalue weighted by Crippen LogP contribution is -2.07. The number of benzene rings is 2. The Hall–Kier alpha value is -2.39. The topological polar surface area (TPSA) is 59.0 Å². The van der Waals surface area contributed by atoms with E-state index in [0.29, 0.717) is 5.69 Å². The van der Waals surface area contributed by atoms with E-state index in [-0.39, 0.29) is 16.5 Å². The molecule has 0 saturated heterocycles. The SMILES string of the molecule is N#Cc1ccc(Oc2cc(N)ccc2Cl)cc1C(F)(F)F. The molecular weight excluding hydrogens is 305 g/mol. The van der Waals surface area contributed by atoms with Gasteiger partial charge in [-0.05, 0) is 30.3 Å². The molecule has 2 aromatic rings. The molecule has 0 aromatic heterocycles. The summed E-state index contributed by atoms with van der Waals surface area (Å²) in [5.41, 5.74) is 4.38. The second-order valence-electron chi connectivity index (χ2n) is 4.11. The first-order valence-corrected chi connectivity index (χ1v) is 6.03. The largest absolute Gasteiger partial charge is 0.456 e. The van der Waals surface area contributed by atoms with E-state index in [0.717, 1.165) is 12.1 Å². The van der Waals surface area contributed by atoms with Gasteiger partial charge in [-0.25, -0.2) is 0 Å². The first kappa shape index (κ1) is 15.0. The normalized spacial score (nSPS) is 11.0. The summed E-state index contributed by atoms with van der Waals surface area (Å²) in [6, 6.07) is 8.94. The summed E-state index contributed by atoms with van der Waals surface area (Å²) in [4.78, 5) is 0. The van der Waals surface area contributed by atoms with Gasteiger partial charge in [-0.3, -0.25) is 0 Å². The molecule has 0 spiro atoms. The highest BCUT2D eigenvalue weighted by Crippen LogP contribution is 2.37. The van der Waals surface area contributed by atoms with Crippen molar-refractivity contribution >= 4 is 17.3 Å². The molecule has 2 aromatic carbocycles. The van der Waals surface area contributed by atoms with Gasteiger partial charge in [-0.15, -0.1) is 0 Å². The van der Waals surface area contributed by atoms with E-state index in [4.69, 9.17) is 27.3 Å². The maximum Gasteiger partial charge on any atom is 0.417 e. The van der Waals surface area contributed by atoms with Crippen LogP contribution in [0.5, 0.6) is 11.5 Å². The number of hydrogen-bond acceptors (Lipinski definition) is 3. The number of halogens is 4. The summed E-state index contributed by atoms with van der Waals surface area (Å²) >= 11 is 5.88. The molecular formula is C14H8ClF3N2O. The first-order valence-electron chi connectivity index (χ1n) is 5.65. The first-order chi connectivity index (χ1) is 9.81. The Morgan fingerprint density at radius 3 is 2.48 bits per heavy atom. The van der Waals surface area contributed by atoms with Gasteiger partial charge < -0.3 is 10.5 Å². The van der Waals surface area contributed by atoms with Crippen LogP contribution < -0.4 is 10.5 Å². The number of anilines is 1. The van der Waals surface area contributed by atoms with Crippen LogP contribution in [0.1, 0.15) is 11.1 Å². The molecule has 2 rings (SSSR count). The van der Waals surface area contributed by atoms with E-state index < -0.39 is 17.3 Å². The van der Waals surface area contributed by atoms with Gasteiger partial charge in [0.05, 0.1) is 22.2 Å². The van der Waals surface area contributed by atoms with Gasteiger partial charge in [0.25, 0.3) is 0 Å². The molecule has 0 atom stereocenters.